The Morgan fingerprint density at radius 3 is 1.03 bits per heavy atom. The van der Waals surface area contributed by atoms with E-state index in [0.29, 0.717) is 0 Å². The van der Waals surface area contributed by atoms with Gasteiger partial charge in [-0.25, -0.2) is 19.2 Å². The zero-order valence-electron chi connectivity index (χ0n) is 18.6. The Balaban J connectivity index is 2.19. The van der Waals surface area contributed by atoms with Gasteiger partial charge in [0.05, 0.1) is 45.0 Å². The van der Waals surface area contributed by atoms with Crippen molar-refractivity contribution in [3.05, 3.63) is 76.9 Å². The van der Waals surface area contributed by atoms with E-state index in [1.807, 2.05) is 0 Å². The minimum absolute atomic E-state index is 0.00638. The molecule has 6 N–H and O–H groups in total. The molecule has 0 aromatic heterocycles. The van der Waals surface area contributed by atoms with E-state index in [2.05, 4.69) is 0 Å². The highest BCUT2D eigenvalue weighted by Gasteiger charge is 2.20. The summed E-state index contributed by atoms with van der Waals surface area (Å²) in [6.45, 7) is 0. The van der Waals surface area contributed by atoms with E-state index < -0.39 is 46.1 Å². The number of rotatable bonds is 10. The number of anilines is 5. The molecule has 0 saturated carbocycles. The van der Waals surface area contributed by atoms with E-state index in [1.54, 1.807) is 0 Å². The summed E-state index contributed by atoms with van der Waals surface area (Å²) in [5.41, 5.74) is 4.02. The monoisotopic (exact) mass is 507 g/mol. The fraction of sp³-hybridized carbons (Fsp3) is 0. The van der Waals surface area contributed by atoms with Gasteiger partial charge >= 0.3 is 23.9 Å². The lowest BCUT2D eigenvalue weighted by Crippen LogP contribution is -2.19. The Morgan fingerprint density at radius 2 is 0.784 bits per heavy atom. The first-order valence-electron chi connectivity index (χ1n) is 10.1. The maximum absolute atomic E-state index is 12.0. The molecule has 0 saturated heterocycles. The minimum Gasteiger partial charge on any atom is -0.478 e. The Morgan fingerprint density at radius 1 is 0.514 bits per heavy atom. The number of aromatic carboxylic acids is 4. The molecule has 13 heteroatoms. The summed E-state index contributed by atoms with van der Waals surface area (Å²) < 4.78 is 0. The Kier molecular flexibility index (Phi) is 7.19. The van der Waals surface area contributed by atoms with Crippen LogP contribution < -0.4 is 15.5 Å². The van der Waals surface area contributed by atoms with Crippen LogP contribution in [-0.2, 0) is 9.59 Å². The van der Waals surface area contributed by atoms with Gasteiger partial charge in [0.1, 0.15) is 0 Å². The van der Waals surface area contributed by atoms with Crippen LogP contribution in [0.2, 0.25) is 0 Å². The van der Waals surface area contributed by atoms with Gasteiger partial charge in [0.15, 0.2) is 0 Å². The van der Waals surface area contributed by atoms with Crippen molar-refractivity contribution in [2.45, 2.75) is 0 Å². The van der Waals surface area contributed by atoms with E-state index in [9.17, 15) is 49.2 Å². The van der Waals surface area contributed by atoms with Crippen molar-refractivity contribution in [2.24, 2.45) is 0 Å². The standard InChI is InChI=1S/C24H17N3O10/c25-16-7-19(26(10-28)17-3-12(21(30)31)1-13(4-17)22(32)33)9-20(8-16)27(11-29)18-5-14(23(34)35)2-15(6-18)24(36)37/h1-11H,25H2,(H,30,31)(H,32,33)(H,34,35)(H,36,37). The lowest BCUT2D eigenvalue weighted by atomic mass is 10.1. The van der Waals surface area contributed by atoms with Crippen LogP contribution in [0.3, 0.4) is 0 Å². The number of hydrogen-bond donors (Lipinski definition) is 5. The predicted octanol–water partition coefficient (Wildman–Crippen LogP) is 2.65. The number of amides is 2. The van der Waals surface area contributed by atoms with Gasteiger partial charge in [-0.15, -0.1) is 0 Å². The average Bonchev–Trinajstić information content (AvgIpc) is 2.84. The smallest absolute Gasteiger partial charge is 0.335 e. The molecule has 0 unspecified atom stereocenters. The molecule has 2 amide bonds. The highest BCUT2D eigenvalue weighted by molar-refractivity contribution is 6.01. The first-order chi connectivity index (χ1) is 17.4. The Bertz CT molecular complexity index is 1300. The largest absolute Gasteiger partial charge is 0.478 e. The molecule has 0 heterocycles. The summed E-state index contributed by atoms with van der Waals surface area (Å²) in [6.07, 6.45) is 0.536. The van der Waals surface area contributed by atoms with Gasteiger partial charge in [0.2, 0.25) is 12.8 Å². The molecule has 188 valence electrons. The molecule has 0 atom stereocenters. The number of nitrogens with zero attached hydrogens (tertiary/aromatic N) is 2. The summed E-state index contributed by atoms with van der Waals surface area (Å²) in [5, 5.41) is 37.3. The van der Waals surface area contributed by atoms with Crippen LogP contribution in [0.25, 0.3) is 0 Å². The second-order valence-electron chi connectivity index (χ2n) is 7.49. The van der Waals surface area contributed by atoms with Crippen molar-refractivity contribution in [1.29, 1.82) is 0 Å². The maximum atomic E-state index is 12.0. The second kappa shape index (κ2) is 10.3. The minimum atomic E-state index is -1.44. The molecule has 0 aliphatic heterocycles. The topological polar surface area (TPSA) is 216 Å². The lowest BCUT2D eigenvalue weighted by Gasteiger charge is -2.23. The molecular formula is C24H17N3O10. The van der Waals surface area contributed by atoms with E-state index in [0.717, 1.165) is 46.2 Å². The van der Waals surface area contributed by atoms with Crippen LogP contribution in [0, 0.1) is 0 Å². The van der Waals surface area contributed by atoms with Gasteiger partial charge in [-0.3, -0.25) is 19.4 Å². The van der Waals surface area contributed by atoms with Crippen molar-refractivity contribution in [2.75, 3.05) is 15.5 Å². The molecule has 13 nitrogen and oxygen atoms in total. The lowest BCUT2D eigenvalue weighted by molar-refractivity contribution is -0.107. The zero-order chi connectivity index (χ0) is 27.4. The molecule has 0 fully saturated rings. The number of carboxylic acids is 4. The third-order valence-corrected chi connectivity index (χ3v) is 5.07. The fourth-order valence-electron chi connectivity index (χ4n) is 3.43. The molecule has 0 aliphatic carbocycles. The summed E-state index contributed by atoms with van der Waals surface area (Å²) in [7, 11) is 0. The number of nitrogens with two attached hydrogens (primary N) is 1. The van der Waals surface area contributed by atoms with E-state index in [4.69, 9.17) is 5.73 Å². The van der Waals surface area contributed by atoms with Crippen LogP contribution in [0.4, 0.5) is 28.4 Å². The maximum Gasteiger partial charge on any atom is 0.335 e. The summed E-state index contributed by atoms with van der Waals surface area (Å²) in [6, 6.07) is 9.85. The SMILES string of the molecule is Nc1cc(N(C=O)c2cc(C(=O)O)cc(C(=O)O)c2)cc(N(C=O)c2cc(C(=O)O)cc(C(=O)O)c2)c1. The van der Waals surface area contributed by atoms with E-state index in [-0.39, 0.29) is 41.3 Å². The average molecular weight is 507 g/mol. The van der Waals surface area contributed by atoms with E-state index in [1.165, 1.54) is 18.2 Å². The van der Waals surface area contributed by atoms with Gasteiger partial charge < -0.3 is 26.2 Å². The molecular weight excluding hydrogens is 490 g/mol. The van der Waals surface area contributed by atoms with Gasteiger partial charge in [-0.2, -0.15) is 0 Å². The van der Waals surface area contributed by atoms with Crippen LogP contribution in [0.15, 0.2) is 54.6 Å². The molecule has 3 aromatic carbocycles. The van der Waals surface area contributed by atoms with Crippen molar-refractivity contribution in [1.82, 2.24) is 0 Å². The van der Waals surface area contributed by atoms with Crippen molar-refractivity contribution in [3.63, 3.8) is 0 Å². The third-order valence-electron chi connectivity index (χ3n) is 5.07. The Hall–Kier alpha value is -5.72. The number of carbonyl (C=O) groups is 6. The van der Waals surface area contributed by atoms with Crippen LogP contribution in [-0.4, -0.2) is 57.1 Å². The Labute approximate surface area is 207 Å². The quantitative estimate of drug-likeness (QED) is 0.198. The molecule has 0 aliphatic rings. The number of carboxylic acid groups (broad SMARTS) is 4. The molecule has 0 bridgehead atoms. The van der Waals surface area contributed by atoms with E-state index >= 15 is 0 Å². The first-order valence-corrected chi connectivity index (χ1v) is 10.1. The summed E-state index contributed by atoms with van der Waals surface area (Å²) in [5.74, 6) is -5.77. The normalized spacial score (nSPS) is 10.3. The van der Waals surface area contributed by atoms with Gasteiger partial charge in [0.25, 0.3) is 0 Å². The summed E-state index contributed by atoms with van der Waals surface area (Å²) >= 11 is 0. The summed E-state index contributed by atoms with van der Waals surface area (Å²) in [4.78, 5) is 71.7. The van der Waals surface area contributed by atoms with Crippen molar-refractivity contribution < 1.29 is 49.2 Å². The fourth-order valence-corrected chi connectivity index (χ4v) is 3.43. The van der Waals surface area contributed by atoms with Gasteiger partial charge in [0, 0.05) is 5.69 Å². The highest BCUT2D eigenvalue weighted by Crippen LogP contribution is 2.34. The van der Waals surface area contributed by atoms with Gasteiger partial charge in [-0.1, -0.05) is 0 Å². The number of carbonyl (C=O) groups excluding carboxylic acids is 2. The second-order valence-corrected chi connectivity index (χ2v) is 7.49. The zero-order valence-corrected chi connectivity index (χ0v) is 18.6. The van der Waals surface area contributed by atoms with Crippen molar-refractivity contribution >= 4 is 65.1 Å². The van der Waals surface area contributed by atoms with Crippen LogP contribution in [0.1, 0.15) is 41.4 Å². The van der Waals surface area contributed by atoms with Crippen molar-refractivity contribution in [3.8, 4) is 0 Å². The number of hydrogen-bond acceptors (Lipinski definition) is 7. The molecule has 0 radical (unpaired) electrons. The van der Waals surface area contributed by atoms with Crippen LogP contribution >= 0.6 is 0 Å². The van der Waals surface area contributed by atoms with Gasteiger partial charge in [-0.05, 0) is 54.6 Å². The molecule has 37 heavy (non-hydrogen) atoms. The predicted molar refractivity (Wildman–Crippen MR) is 128 cm³/mol. The number of nitrogen functional groups attached to an aromatic ring is 1. The molecule has 3 rings (SSSR count). The number of benzene rings is 3. The molecule has 0 spiro atoms. The molecule has 3 aromatic rings. The van der Waals surface area contributed by atoms with Crippen LogP contribution in [0.5, 0.6) is 0 Å². The third kappa shape index (κ3) is 5.51. The first kappa shape index (κ1) is 25.9. The highest BCUT2D eigenvalue weighted by atomic mass is 16.4.